The molecule has 138 valence electrons. The van der Waals surface area contributed by atoms with Gasteiger partial charge in [-0.3, -0.25) is 24.6 Å². The van der Waals surface area contributed by atoms with Gasteiger partial charge in [0.15, 0.2) is 0 Å². The number of halogens is 1. The Morgan fingerprint density at radius 1 is 1.22 bits per heavy atom. The summed E-state index contributed by atoms with van der Waals surface area (Å²) in [7, 11) is 1.43. The molecular weight excluding hydrogens is 436 g/mol. The quantitative estimate of drug-likeness (QED) is 0.377. The molecule has 0 spiro atoms. The van der Waals surface area contributed by atoms with Crippen molar-refractivity contribution in [2.45, 2.75) is 6.54 Å². The Morgan fingerprint density at radius 3 is 2.56 bits per heavy atom. The van der Waals surface area contributed by atoms with Gasteiger partial charge < -0.3 is 4.74 Å². The molecule has 0 aromatic heterocycles. The molecule has 9 heteroatoms. The fourth-order valence-corrected chi connectivity index (χ4v) is 3.59. The number of amides is 2. The molecule has 0 unspecified atom stereocenters. The lowest BCUT2D eigenvalue weighted by Gasteiger charge is -2.12. The van der Waals surface area contributed by atoms with Crippen molar-refractivity contribution in [3.8, 4) is 5.75 Å². The van der Waals surface area contributed by atoms with Crippen molar-refractivity contribution in [1.29, 1.82) is 0 Å². The van der Waals surface area contributed by atoms with Crippen LogP contribution in [0.2, 0.25) is 0 Å². The fraction of sp³-hybridized carbons (Fsp3) is 0.111. The molecule has 2 amide bonds. The Hall–Kier alpha value is -2.65. The highest BCUT2D eigenvalue weighted by atomic mass is 79.9. The highest BCUT2D eigenvalue weighted by Gasteiger charge is 2.35. The molecule has 27 heavy (non-hydrogen) atoms. The molecule has 7 nitrogen and oxygen atoms in total. The van der Waals surface area contributed by atoms with Crippen LogP contribution in [-0.2, 0) is 11.3 Å². The third-order valence-corrected chi connectivity index (χ3v) is 5.27. The number of carbonyl (C=O) groups excluding carboxylic acids is 2. The van der Waals surface area contributed by atoms with Crippen molar-refractivity contribution in [1.82, 2.24) is 4.90 Å². The summed E-state index contributed by atoms with van der Waals surface area (Å²) in [6.07, 6.45) is 1.44. The molecule has 1 saturated heterocycles. The SMILES string of the molecule is COc1ccc([N+](=O)[O-])cc1/C=C1\SC(=O)N(Cc2ccc(Br)cc2)C1=O. The molecule has 0 radical (unpaired) electrons. The molecule has 1 fully saturated rings. The zero-order valence-electron chi connectivity index (χ0n) is 14.0. The van der Waals surface area contributed by atoms with Crippen LogP contribution in [0, 0.1) is 10.1 Å². The lowest BCUT2D eigenvalue weighted by atomic mass is 10.1. The molecule has 0 aliphatic carbocycles. The Bertz CT molecular complexity index is 959. The minimum atomic E-state index is -0.532. The van der Waals surface area contributed by atoms with Gasteiger partial charge in [-0.15, -0.1) is 0 Å². The monoisotopic (exact) mass is 448 g/mol. The van der Waals surface area contributed by atoms with Gasteiger partial charge >= 0.3 is 0 Å². The van der Waals surface area contributed by atoms with Crippen LogP contribution in [0.25, 0.3) is 6.08 Å². The first kappa shape index (κ1) is 19.1. The van der Waals surface area contributed by atoms with E-state index in [1.165, 1.54) is 31.4 Å². The van der Waals surface area contributed by atoms with Gasteiger partial charge in [0, 0.05) is 22.2 Å². The molecule has 0 N–H and O–H groups in total. The van der Waals surface area contributed by atoms with Crippen LogP contribution in [-0.4, -0.2) is 28.1 Å². The molecule has 0 bridgehead atoms. The van der Waals surface area contributed by atoms with E-state index >= 15 is 0 Å². The van der Waals surface area contributed by atoms with Crippen molar-refractivity contribution in [2.24, 2.45) is 0 Å². The maximum absolute atomic E-state index is 12.6. The summed E-state index contributed by atoms with van der Waals surface area (Å²) >= 11 is 4.13. The van der Waals surface area contributed by atoms with Crippen molar-refractivity contribution in [2.75, 3.05) is 7.11 Å². The zero-order chi connectivity index (χ0) is 19.6. The van der Waals surface area contributed by atoms with Crippen molar-refractivity contribution in [3.63, 3.8) is 0 Å². The molecule has 1 aliphatic heterocycles. The summed E-state index contributed by atoms with van der Waals surface area (Å²) in [5.74, 6) is -0.0678. The van der Waals surface area contributed by atoms with Gasteiger partial charge in [0.1, 0.15) is 5.75 Å². The minimum Gasteiger partial charge on any atom is -0.496 e. The fourth-order valence-electron chi connectivity index (χ4n) is 2.50. The second-order valence-corrected chi connectivity index (χ2v) is 7.49. The average molecular weight is 449 g/mol. The lowest BCUT2D eigenvalue weighted by Crippen LogP contribution is -2.27. The number of nitro groups is 1. The van der Waals surface area contributed by atoms with Crippen molar-refractivity contribution < 1.29 is 19.2 Å². The van der Waals surface area contributed by atoms with Crippen LogP contribution in [0.15, 0.2) is 51.8 Å². The molecule has 1 heterocycles. The highest BCUT2D eigenvalue weighted by Crippen LogP contribution is 2.35. The second kappa shape index (κ2) is 7.93. The van der Waals surface area contributed by atoms with E-state index in [4.69, 9.17) is 4.74 Å². The molecular formula is C18H13BrN2O5S. The molecule has 1 aliphatic rings. The second-order valence-electron chi connectivity index (χ2n) is 5.58. The number of hydrogen-bond acceptors (Lipinski definition) is 6. The Labute approximate surface area is 167 Å². The van der Waals surface area contributed by atoms with Crippen molar-refractivity contribution in [3.05, 3.63) is 73.1 Å². The van der Waals surface area contributed by atoms with Crippen LogP contribution in [0.1, 0.15) is 11.1 Å². The number of carbonyl (C=O) groups is 2. The molecule has 0 saturated carbocycles. The maximum atomic E-state index is 12.6. The number of nitro benzene ring substituents is 1. The first-order chi connectivity index (χ1) is 12.9. The topological polar surface area (TPSA) is 89.8 Å². The summed E-state index contributed by atoms with van der Waals surface area (Å²) in [6, 6.07) is 11.4. The third kappa shape index (κ3) is 4.20. The lowest BCUT2D eigenvalue weighted by molar-refractivity contribution is -0.384. The molecule has 2 aromatic carbocycles. The first-order valence-electron chi connectivity index (χ1n) is 7.71. The normalized spacial score (nSPS) is 15.5. The number of imide groups is 1. The standard InChI is InChI=1S/C18H13BrN2O5S/c1-26-15-7-6-14(21(24)25)8-12(15)9-16-17(22)20(18(23)27-16)10-11-2-4-13(19)5-3-11/h2-9H,10H2,1H3/b16-9-. The van der Waals surface area contributed by atoms with Gasteiger partial charge in [-0.25, -0.2) is 0 Å². The predicted octanol–water partition coefficient (Wildman–Crippen LogP) is 4.60. The molecule has 3 rings (SSSR count). The van der Waals surface area contributed by atoms with E-state index in [2.05, 4.69) is 15.9 Å². The molecule has 2 aromatic rings. The number of methoxy groups -OCH3 is 1. The van der Waals surface area contributed by atoms with E-state index in [1.54, 1.807) is 0 Å². The van der Waals surface area contributed by atoms with Crippen molar-refractivity contribution >= 4 is 50.6 Å². The Kier molecular flexibility index (Phi) is 5.62. The van der Waals surface area contributed by atoms with E-state index in [0.717, 1.165) is 26.7 Å². The van der Waals surface area contributed by atoms with Gasteiger partial charge in [0.2, 0.25) is 0 Å². The number of non-ortho nitro benzene ring substituents is 1. The zero-order valence-corrected chi connectivity index (χ0v) is 16.5. The van der Waals surface area contributed by atoms with Crippen LogP contribution in [0.3, 0.4) is 0 Å². The number of nitrogens with zero attached hydrogens (tertiary/aromatic N) is 2. The highest BCUT2D eigenvalue weighted by molar-refractivity contribution is 9.10. The number of ether oxygens (including phenoxy) is 1. The molecule has 0 atom stereocenters. The van der Waals surface area contributed by atoms with Gasteiger partial charge in [0.05, 0.1) is 23.5 Å². The summed E-state index contributed by atoms with van der Waals surface area (Å²) in [4.78, 5) is 36.7. The summed E-state index contributed by atoms with van der Waals surface area (Å²) < 4.78 is 6.10. The van der Waals surface area contributed by atoms with E-state index in [1.807, 2.05) is 24.3 Å². The number of thioether (sulfide) groups is 1. The first-order valence-corrected chi connectivity index (χ1v) is 9.32. The van der Waals surface area contributed by atoms with Gasteiger partial charge in [0.25, 0.3) is 16.8 Å². The summed E-state index contributed by atoms with van der Waals surface area (Å²) in [6.45, 7) is 0.154. The Balaban J connectivity index is 1.89. The number of rotatable bonds is 5. The van der Waals surface area contributed by atoms with E-state index in [9.17, 15) is 19.7 Å². The number of hydrogen-bond donors (Lipinski definition) is 0. The summed E-state index contributed by atoms with van der Waals surface area (Å²) in [5.41, 5.74) is 1.05. The summed E-state index contributed by atoms with van der Waals surface area (Å²) in [5, 5.41) is 10.6. The van der Waals surface area contributed by atoms with Gasteiger partial charge in [-0.2, -0.15) is 0 Å². The largest absolute Gasteiger partial charge is 0.496 e. The van der Waals surface area contributed by atoms with Crippen LogP contribution < -0.4 is 4.74 Å². The van der Waals surface area contributed by atoms with E-state index in [0.29, 0.717) is 11.3 Å². The third-order valence-electron chi connectivity index (χ3n) is 3.84. The minimum absolute atomic E-state index is 0.129. The smallest absolute Gasteiger partial charge is 0.293 e. The van der Waals surface area contributed by atoms with Crippen LogP contribution >= 0.6 is 27.7 Å². The van der Waals surface area contributed by atoms with Crippen LogP contribution in [0.5, 0.6) is 5.75 Å². The van der Waals surface area contributed by atoms with Crippen LogP contribution in [0.4, 0.5) is 10.5 Å². The van der Waals surface area contributed by atoms with E-state index in [-0.39, 0.29) is 17.1 Å². The van der Waals surface area contributed by atoms with Gasteiger partial charge in [-0.1, -0.05) is 28.1 Å². The van der Waals surface area contributed by atoms with Gasteiger partial charge in [-0.05, 0) is 41.6 Å². The van der Waals surface area contributed by atoms with E-state index < -0.39 is 16.1 Å². The Morgan fingerprint density at radius 2 is 1.93 bits per heavy atom. The predicted molar refractivity (Wildman–Crippen MR) is 105 cm³/mol. The maximum Gasteiger partial charge on any atom is 0.293 e. The average Bonchev–Trinajstić information content (AvgIpc) is 2.90. The number of benzene rings is 2.